The minimum atomic E-state index is -0.689. The Kier molecular flexibility index (Phi) is 3.28. The molecule has 1 aromatic carbocycles. The van der Waals surface area contributed by atoms with E-state index in [9.17, 15) is 14.3 Å². The van der Waals surface area contributed by atoms with Crippen LogP contribution < -0.4 is 5.73 Å². The number of amides is 1. The molecule has 1 unspecified atom stereocenters. The van der Waals surface area contributed by atoms with Crippen LogP contribution in [0, 0.1) is 11.7 Å². The maximum absolute atomic E-state index is 13.5. The molecule has 1 aromatic rings. The van der Waals surface area contributed by atoms with Crippen molar-refractivity contribution >= 4 is 5.91 Å². The minimum absolute atomic E-state index is 0.245. The highest BCUT2D eigenvalue weighted by Crippen LogP contribution is 2.24. The molecule has 1 amide bonds. The normalized spacial score (nSPS) is 19.6. The maximum Gasteiger partial charge on any atom is 0.260 e. The Morgan fingerprint density at radius 1 is 1.59 bits per heavy atom. The lowest BCUT2D eigenvalue weighted by Gasteiger charge is -2.17. The molecular formula is C12H15FN2O2. The van der Waals surface area contributed by atoms with Crippen LogP contribution in [0.25, 0.3) is 0 Å². The first-order valence-corrected chi connectivity index (χ1v) is 5.60. The number of likely N-dealkylation sites (tertiary alicyclic amines) is 1. The van der Waals surface area contributed by atoms with Crippen molar-refractivity contribution in [1.82, 2.24) is 4.90 Å². The van der Waals surface area contributed by atoms with E-state index in [-0.39, 0.29) is 17.2 Å². The van der Waals surface area contributed by atoms with Gasteiger partial charge in [0.05, 0.1) is 0 Å². The van der Waals surface area contributed by atoms with Crippen molar-refractivity contribution in [2.45, 2.75) is 6.42 Å². The first kappa shape index (κ1) is 11.9. The van der Waals surface area contributed by atoms with Crippen molar-refractivity contribution in [2.75, 3.05) is 19.6 Å². The predicted octanol–water partition coefficient (Wildman–Crippen LogP) is 0.952. The van der Waals surface area contributed by atoms with E-state index in [0.29, 0.717) is 19.6 Å². The van der Waals surface area contributed by atoms with Gasteiger partial charge in [-0.1, -0.05) is 6.07 Å². The van der Waals surface area contributed by atoms with Gasteiger partial charge in [-0.25, -0.2) is 4.39 Å². The van der Waals surface area contributed by atoms with E-state index in [1.807, 2.05) is 0 Å². The summed E-state index contributed by atoms with van der Waals surface area (Å²) in [6.45, 7) is 1.62. The second-order valence-electron chi connectivity index (χ2n) is 4.28. The van der Waals surface area contributed by atoms with Crippen LogP contribution in [-0.4, -0.2) is 35.5 Å². The predicted molar refractivity (Wildman–Crippen MR) is 61.1 cm³/mol. The van der Waals surface area contributed by atoms with Gasteiger partial charge in [0.1, 0.15) is 17.1 Å². The number of phenols is 1. The van der Waals surface area contributed by atoms with E-state index in [1.165, 1.54) is 23.1 Å². The van der Waals surface area contributed by atoms with Gasteiger partial charge in [0.15, 0.2) is 0 Å². The van der Waals surface area contributed by atoms with Crippen molar-refractivity contribution in [3.8, 4) is 5.75 Å². The fourth-order valence-electron chi connectivity index (χ4n) is 2.09. The molecule has 0 bridgehead atoms. The Morgan fingerprint density at radius 3 is 2.94 bits per heavy atom. The number of nitrogens with zero attached hydrogens (tertiary/aromatic N) is 1. The molecule has 1 atom stereocenters. The fourth-order valence-corrected chi connectivity index (χ4v) is 2.09. The number of hydrogen-bond acceptors (Lipinski definition) is 3. The first-order chi connectivity index (χ1) is 8.13. The van der Waals surface area contributed by atoms with Gasteiger partial charge < -0.3 is 15.7 Å². The molecule has 92 valence electrons. The van der Waals surface area contributed by atoms with Crippen LogP contribution in [0.2, 0.25) is 0 Å². The molecule has 2 rings (SSSR count). The van der Waals surface area contributed by atoms with Gasteiger partial charge in [0.25, 0.3) is 5.91 Å². The van der Waals surface area contributed by atoms with Gasteiger partial charge in [-0.05, 0) is 31.0 Å². The quantitative estimate of drug-likeness (QED) is 0.806. The van der Waals surface area contributed by atoms with Crippen LogP contribution >= 0.6 is 0 Å². The van der Waals surface area contributed by atoms with Crippen molar-refractivity contribution in [3.63, 3.8) is 0 Å². The molecule has 5 heteroatoms. The third kappa shape index (κ3) is 2.24. The molecule has 0 saturated carbocycles. The molecule has 1 aliphatic rings. The van der Waals surface area contributed by atoms with Crippen molar-refractivity contribution < 1.29 is 14.3 Å². The summed E-state index contributed by atoms with van der Waals surface area (Å²) in [5.74, 6) is -1.19. The topological polar surface area (TPSA) is 66.6 Å². The summed E-state index contributed by atoms with van der Waals surface area (Å²) in [5.41, 5.74) is 5.29. The lowest BCUT2D eigenvalue weighted by atomic mass is 10.1. The van der Waals surface area contributed by atoms with Crippen LogP contribution in [0.1, 0.15) is 16.8 Å². The van der Waals surface area contributed by atoms with Gasteiger partial charge >= 0.3 is 0 Å². The molecule has 1 fully saturated rings. The summed E-state index contributed by atoms with van der Waals surface area (Å²) in [5, 5.41) is 9.53. The highest BCUT2D eigenvalue weighted by molar-refractivity contribution is 5.97. The summed E-state index contributed by atoms with van der Waals surface area (Å²) in [7, 11) is 0. The van der Waals surface area contributed by atoms with Crippen molar-refractivity contribution in [3.05, 3.63) is 29.6 Å². The Balaban J connectivity index is 2.21. The van der Waals surface area contributed by atoms with Gasteiger partial charge in [-0.2, -0.15) is 0 Å². The highest BCUT2D eigenvalue weighted by atomic mass is 19.1. The molecule has 4 nitrogen and oxygen atoms in total. The molecule has 17 heavy (non-hydrogen) atoms. The summed E-state index contributed by atoms with van der Waals surface area (Å²) in [6, 6.07) is 3.85. The molecule has 1 heterocycles. The third-order valence-electron chi connectivity index (χ3n) is 3.11. The molecule has 0 aromatic heterocycles. The Morgan fingerprint density at radius 2 is 2.35 bits per heavy atom. The zero-order chi connectivity index (χ0) is 12.4. The molecular weight excluding hydrogens is 223 g/mol. The number of halogens is 1. The van der Waals surface area contributed by atoms with Crippen molar-refractivity contribution in [1.29, 1.82) is 0 Å². The van der Waals surface area contributed by atoms with Gasteiger partial charge in [0.2, 0.25) is 0 Å². The smallest absolute Gasteiger partial charge is 0.260 e. The molecule has 0 radical (unpaired) electrons. The largest absolute Gasteiger partial charge is 0.507 e. The Labute approximate surface area is 98.8 Å². The summed E-state index contributed by atoms with van der Waals surface area (Å²) < 4.78 is 13.5. The van der Waals surface area contributed by atoms with Crippen LogP contribution in [0.3, 0.4) is 0 Å². The number of rotatable bonds is 2. The second-order valence-corrected chi connectivity index (χ2v) is 4.28. The van der Waals surface area contributed by atoms with E-state index in [0.717, 1.165) is 6.42 Å². The van der Waals surface area contributed by atoms with Gasteiger partial charge in [-0.3, -0.25) is 4.79 Å². The number of phenolic OH excluding ortho intramolecular Hbond substituents is 1. The molecule has 3 N–H and O–H groups in total. The Bertz CT molecular complexity index is 416. The van der Waals surface area contributed by atoms with E-state index in [1.54, 1.807) is 0 Å². The fraction of sp³-hybridized carbons (Fsp3) is 0.417. The van der Waals surface area contributed by atoms with E-state index >= 15 is 0 Å². The number of aromatic hydroxyl groups is 1. The molecule has 1 saturated heterocycles. The van der Waals surface area contributed by atoms with Crippen LogP contribution in [0.15, 0.2) is 18.2 Å². The van der Waals surface area contributed by atoms with Gasteiger partial charge in [0, 0.05) is 13.1 Å². The number of hydrogen-bond donors (Lipinski definition) is 2. The SMILES string of the molecule is NCC1CCN(C(=O)c2c(O)cccc2F)C1. The highest BCUT2D eigenvalue weighted by Gasteiger charge is 2.29. The average molecular weight is 238 g/mol. The Hall–Kier alpha value is -1.62. The van der Waals surface area contributed by atoms with Crippen LogP contribution in [0.5, 0.6) is 5.75 Å². The second kappa shape index (κ2) is 4.71. The lowest BCUT2D eigenvalue weighted by molar-refractivity contribution is 0.0779. The summed E-state index contributed by atoms with van der Waals surface area (Å²) >= 11 is 0. The van der Waals surface area contributed by atoms with Crippen LogP contribution in [0.4, 0.5) is 4.39 Å². The van der Waals surface area contributed by atoms with Crippen molar-refractivity contribution in [2.24, 2.45) is 11.7 Å². The van der Waals surface area contributed by atoms with E-state index in [4.69, 9.17) is 5.73 Å². The lowest BCUT2D eigenvalue weighted by Crippen LogP contribution is -2.30. The first-order valence-electron chi connectivity index (χ1n) is 5.60. The standard InChI is InChI=1S/C12H15FN2O2/c13-9-2-1-3-10(16)11(9)12(17)15-5-4-8(6-14)7-15/h1-3,8,16H,4-7,14H2. The average Bonchev–Trinajstić information content (AvgIpc) is 2.77. The van der Waals surface area contributed by atoms with Crippen LogP contribution in [-0.2, 0) is 0 Å². The van der Waals surface area contributed by atoms with E-state index in [2.05, 4.69) is 0 Å². The number of nitrogens with two attached hydrogens (primary N) is 1. The zero-order valence-electron chi connectivity index (χ0n) is 9.40. The summed E-state index contributed by atoms with van der Waals surface area (Å²) in [6.07, 6.45) is 0.831. The molecule has 1 aliphatic heterocycles. The van der Waals surface area contributed by atoms with Gasteiger partial charge in [-0.15, -0.1) is 0 Å². The number of carbonyl (C=O) groups excluding carboxylic acids is 1. The van der Waals surface area contributed by atoms with E-state index < -0.39 is 11.7 Å². The summed E-state index contributed by atoms with van der Waals surface area (Å²) in [4.78, 5) is 13.6. The minimum Gasteiger partial charge on any atom is -0.507 e. The number of benzene rings is 1. The maximum atomic E-state index is 13.5. The number of carbonyl (C=O) groups is 1. The molecule has 0 aliphatic carbocycles. The molecule has 0 spiro atoms. The monoisotopic (exact) mass is 238 g/mol. The zero-order valence-corrected chi connectivity index (χ0v) is 9.40. The third-order valence-corrected chi connectivity index (χ3v) is 3.11.